The van der Waals surface area contributed by atoms with Gasteiger partial charge >= 0.3 is 139 Å². The number of nitrogens with zero attached hydrogens (tertiary/aromatic N) is 2. The zero-order valence-electron chi connectivity index (χ0n) is 11.7. The Hall–Kier alpha value is -1.99. The van der Waals surface area contributed by atoms with Gasteiger partial charge in [0.05, 0.1) is 0 Å². The van der Waals surface area contributed by atoms with E-state index >= 15 is 0 Å². The molecule has 0 atom stereocenters. The number of rotatable bonds is 1. The summed E-state index contributed by atoms with van der Waals surface area (Å²) < 4.78 is 79.0. The molecule has 0 fully saturated rings. The Morgan fingerprint density at radius 3 is 1.79 bits per heavy atom. The van der Waals surface area contributed by atoms with E-state index in [4.69, 9.17) is 0 Å². The molecule has 0 amide bonds. The normalized spacial score (nSPS) is 12.8. The molecular formula is C15H8F6N2Se. The number of halogens is 6. The molecule has 0 saturated carbocycles. The van der Waals surface area contributed by atoms with Gasteiger partial charge in [-0.05, 0) is 0 Å². The molecule has 0 unspecified atom stereocenters. The minimum absolute atomic E-state index is 0.0985. The molecule has 3 aromatic rings. The van der Waals surface area contributed by atoms with Gasteiger partial charge in [-0.15, -0.1) is 0 Å². The molecule has 0 aliphatic heterocycles. The fourth-order valence-corrected chi connectivity index (χ4v) is 3.29. The number of benzene rings is 2. The van der Waals surface area contributed by atoms with E-state index in [1.165, 1.54) is 22.8 Å². The average molecular weight is 409 g/mol. The predicted molar refractivity (Wildman–Crippen MR) is 76.6 cm³/mol. The van der Waals surface area contributed by atoms with Gasteiger partial charge in [0.2, 0.25) is 0 Å². The summed E-state index contributed by atoms with van der Waals surface area (Å²) in [5, 5.41) is 0. The number of hydrogen-bond donors (Lipinski definition) is 0. The zero-order valence-corrected chi connectivity index (χ0v) is 13.4. The molecule has 0 spiro atoms. The molecule has 3 rings (SSSR count). The van der Waals surface area contributed by atoms with Crippen molar-refractivity contribution >= 4 is 26.6 Å². The van der Waals surface area contributed by atoms with Gasteiger partial charge in [0.25, 0.3) is 0 Å². The number of imidazole rings is 1. The third-order valence-corrected chi connectivity index (χ3v) is 4.22. The van der Waals surface area contributed by atoms with Gasteiger partial charge in [-0.1, -0.05) is 0 Å². The molecule has 0 aliphatic carbocycles. The first kappa shape index (κ1) is 16.9. The topological polar surface area (TPSA) is 9.86 Å². The van der Waals surface area contributed by atoms with Gasteiger partial charge in [0.1, 0.15) is 0 Å². The van der Waals surface area contributed by atoms with Crippen molar-refractivity contribution in [1.82, 2.24) is 9.13 Å². The Labute approximate surface area is 139 Å². The zero-order chi connectivity index (χ0) is 17.7. The van der Waals surface area contributed by atoms with Gasteiger partial charge in [-0.3, -0.25) is 0 Å². The molecule has 2 nitrogen and oxygen atoms in total. The van der Waals surface area contributed by atoms with Gasteiger partial charge in [-0.2, -0.15) is 0 Å². The number of fused-ring (bicyclic) bond motifs is 1. The summed E-state index contributed by atoms with van der Waals surface area (Å²) in [5.41, 5.74) is -0.550. The molecule has 0 radical (unpaired) electrons. The quantitative estimate of drug-likeness (QED) is 0.410. The van der Waals surface area contributed by atoms with E-state index in [9.17, 15) is 26.3 Å². The fraction of sp³-hybridized carbons (Fsp3) is 0.133. The van der Waals surface area contributed by atoms with E-state index in [1.807, 2.05) is 0 Å². The van der Waals surface area contributed by atoms with E-state index in [1.54, 1.807) is 6.07 Å². The summed E-state index contributed by atoms with van der Waals surface area (Å²) >= 11 is 2.36. The van der Waals surface area contributed by atoms with Crippen LogP contribution in [0.15, 0.2) is 48.5 Å². The molecule has 0 saturated heterocycles. The maximum atomic E-state index is 13.3. The van der Waals surface area contributed by atoms with E-state index in [0.717, 1.165) is 24.3 Å². The molecule has 1 aromatic heterocycles. The van der Waals surface area contributed by atoms with Crippen molar-refractivity contribution in [2.75, 3.05) is 0 Å². The Balaban J connectivity index is 2.28. The van der Waals surface area contributed by atoms with Gasteiger partial charge in [0.15, 0.2) is 0 Å². The van der Waals surface area contributed by atoms with Gasteiger partial charge < -0.3 is 0 Å². The summed E-state index contributed by atoms with van der Waals surface area (Å²) in [6.45, 7) is 0. The van der Waals surface area contributed by atoms with Crippen LogP contribution in [0.1, 0.15) is 5.56 Å². The van der Waals surface area contributed by atoms with Crippen LogP contribution in [0.3, 0.4) is 0 Å². The molecule has 24 heavy (non-hydrogen) atoms. The van der Waals surface area contributed by atoms with Crippen molar-refractivity contribution < 1.29 is 26.3 Å². The molecule has 2 aromatic carbocycles. The van der Waals surface area contributed by atoms with Crippen molar-refractivity contribution in [2.45, 2.75) is 12.5 Å². The SMILES string of the molecule is FC(F)(F)c1ccc(-n2c(=[Se])n(C(F)(F)F)c3ccccc32)cc1. The Morgan fingerprint density at radius 1 is 0.750 bits per heavy atom. The van der Waals surface area contributed by atoms with Crippen LogP contribution in [0.4, 0.5) is 26.3 Å². The van der Waals surface area contributed by atoms with Crippen LogP contribution in [0, 0.1) is 4.32 Å². The monoisotopic (exact) mass is 410 g/mol. The molecule has 9 heteroatoms. The molecule has 0 N–H and O–H groups in total. The maximum absolute atomic E-state index is 13.3. The molecule has 0 bridgehead atoms. The van der Waals surface area contributed by atoms with Crippen LogP contribution in [0.2, 0.25) is 0 Å². The van der Waals surface area contributed by atoms with Crippen LogP contribution in [0.25, 0.3) is 16.7 Å². The summed E-state index contributed by atoms with van der Waals surface area (Å²) in [7, 11) is 0. The summed E-state index contributed by atoms with van der Waals surface area (Å²) in [4.78, 5) is 0. The van der Waals surface area contributed by atoms with Gasteiger partial charge in [0, 0.05) is 0 Å². The summed E-state index contributed by atoms with van der Waals surface area (Å²) in [6, 6.07) is 9.72. The average Bonchev–Trinajstić information content (AvgIpc) is 2.78. The van der Waals surface area contributed by atoms with E-state index in [2.05, 4.69) is 15.6 Å². The van der Waals surface area contributed by atoms with Crippen molar-refractivity contribution in [2.24, 2.45) is 0 Å². The molecule has 0 aliphatic rings. The molecular weight excluding hydrogens is 401 g/mol. The Bertz CT molecular complexity index is 947. The number of alkyl halides is 6. The molecule has 126 valence electrons. The van der Waals surface area contributed by atoms with Crippen LogP contribution in [0.5, 0.6) is 0 Å². The van der Waals surface area contributed by atoms with Crippen LogP contribution >= 0.6 is 0 Å². The number of aromatic nitrogens is 2. The number of hydrogen-bond acceptors (Lipinski definition) is 0. The first-order valence-electron chi connectivity index (χ1n) is 6.58. The third-order valence-electron chi connectivity index (χ3n) is 3.45. The van der Waals surface area contributed by atoms with Crippen molar-refractivity contribution in [3.8, 4) is 5.69 Å². The fourth-order valence-electron chi connectivity index (χ4n) is 2.44. The van der Waals surface area contributed by atoms with E-state index in [-0.39, 0.29) is 25.6 Å². The Morgan fingerprint density at radius 2 is 1.29 bits per heavy atom. The third kappa shape index (κ3) is 2.78. The van der Waals surface area contributed by atoms with Crippen molar-refractivity contribution in [3.63, 3.8) is 0 Å². The Kier molecular flexibility index (Phi) is 3.88. The predicted octanol–water partition coefficient (Wildman–Crippen LogP) is 4.63. The van der Waals surface area contributed by atoms with E-state index in [0.29, 0.717) is 0 Å². The second-order valence-corrected chi connectivity index (χ2v) is 5.72. The minimum atomic E-state index is -4.67. The van der Waals surface area contributed by atoms with Crippen LogP contribution < -0.4 is 0 Å². The van der Waals surface area contributed by atoms with Crippen molar-refractivity contribution in [3.05, 3.63) is 58.4 Å². The standard InChI is InChI=1S/C15H8F6N2Se/c16-14(17,18)9-5-7-10(8-6-9)22-11-3-1-2-4-12(11)23(13(22)24)15(19,20)21/h1-8H. The second kappa shape index (κ2) is 5.53. The summed E-state index contributed by atoms with van der Waals surface area (Å²) in [5.74, 6) is 0. The van der Waals surface area contributed by atoms with Crippen LogP contribution in [-0.4, -0.2) is 24.7 Å². The number of para-hydroxylation sites is 2. The summed E-state index contributed by atoms with van der Waals surface area (Å²) in [6.07, 6.45) is -9.18. The first-order valence-corrected chi connectivity index (χ1v) is 7.43. The first-order chi connectivity index (χ1) is 11.1. The van der Waals surface area contributed by atoms with Gasteiger partial charge in [-0.25, -0.2) is 0 Å². The van der Waals surface area contributed by atoms with E-state index < -0.39 is 18.0 Å². The van der Waals surface area contributed by atoms with Crippen LogP contribution in [-0.2, 0) is 12.5 Å². The van der Waals surface area contributed by atoms with Crippen molar-refractivity contribution in [1.29, 1.82) is 0 Å². The molecule has 1 heterocycles. The second-order valence-electron chi connectivity index (χ2n) is 4.95.